The summed E-state index contributed by atoms with van der Waals surface area (Å²) in [4.78, 5) is 37.8. The Kier molecular flexibility index (Phi) is 7.40. The minimum Gasteiger partial charge on any atom is -0.508 e. The smallest absolute Gasteiger partial charge is 0.354 e. The molecule has 10 nitrogen and oxygen atoms in total. The molecule has 0 bridgehead atoms. The Bertz CT molecular complexity index is 1500. The van der Waals surface area contributed by atoms with E-state index in [-0.39, 0.29) is 29.5 Å². The molecule has 0 aliphatic carbocycles. The predicted molar refractivity (Wildman–Crippen MR) is 135 cm³/mol. The number of halogens is 1. The van der Waals surface area contributed by atoms with Crippen LogP contribution in [0.1, 0.15) is 31.8 Å². The number of carbonyl (C=O) groups excluding carboxylic acids is 3. The average Bonchev–Trinajstić information content (AvgIpc) is 3.34. The molecule has 4 N–H and O–H groups in total. The summed E-state index contributed by atoms with van der Waals surface area (Å²) in [7, 11) is 1.21. The number of amides is 2. The Labute approximate surface area is 213 Å². The van der Waals surface area contributed by atoms with E-state index in [0.29, 0.717) is 21.1 Å². The van der Waals surface area contributed by atoms with Crippen LogP contribution in [0.3, 0.4) is 0 Å². The van der Waals surface area contributed by atoms with Gasteiger partial charge in [-0.2, -0.15) is 0 Å². The van der Waals surface area contributed by atoms with E-state index in [1.165, 1.54) is 31.4 Å². The zero-order valence-corrected chi connectivity index (χ0v) is 20.5. The number of hydrogen-bond donors (Lipinski definition) is 4. The second kappa shape index (κ2) is 10.8. The highest BCUT2D eigenvalue weighted by Crippen LogP contribution is 2.20. The standard InChI is InChI=1S/C25H20BrN5O5/c1-36-25(35)22(11-14-5-8-20-21(10-14)30-31-29-20)28-24(34)18-7-6-16(12-19(18)26)23(33)27-13-15-3-2-4-17(32)9-15/h2-12,32H,13H2,1H3,(H,27,33)(H,28,34)(H,29,30,31). The van der Waals surface area contributed by atoms with Gasteiger partial charge in [-0.3, -0.25) is 14.7 Å². The first kappa shape index (κ1) is 24.6. The number of phenols is 1. The lowest BCUT2D eigenvalue weighted by molar-refractivity contribution is -0.136. The van der Waals surface area contributed by atoms with Crippen LogP contribution < -0.4 is 10.6 Å². The van der Waals surface area contributed by atoms with Crippen LogP contribution in [-0.4, -0.2) is 45.4 Å². The van der Waals surface area contributed by atoms with E-state index in [0.717, 1.165) is 11.1 Å². The van der Waals surface area contributed by atoms with Crippen LogP contribution in [0.5, 0.6) is 5.75 Å². The van der Waals surface area contributed by atoms with E-state index in [4.69, 9.17) is 4.74 Å². The number of aromatic amines is 1. The minimum absolute atomic E-state index is 0.0785. The molecule has 0 spiro atoms. The topological polar surface area (TPSA) is 146 Å². The summed E-state index contributed by atoms with van der Waals surface area (Å²) in [5.74, 6) is -1.56. The number of esters is 1. The zero-order valence-electron chi connectivity index (χ0n) is 18.9. The Hall–Kier alpha value is -4.51. The third-order valence-electron chi connectivity index (χ3n) is 5.15. The highest BCUT2D eigenvalue weighted by atomic mass is 79.9. The predicted octanol–water partition coefficient (Wildman–Crippen LogP) is 3.30. The van der Waals surface area contributed by atoms with Crippen LogP contribution in [0, 0.1) is 0 Å². The average molecular weight is 550 g/mol. The van der Waals surface area contributed by atoms with E-state index in [1.807, 2.05) is 0 Å². The van der Waals surface area contributed by atoms with E-state index in [9.17, 15) is 19.5 Å². The second-order valence-electron chi connectivity index (χ2n) is 7.64. The Balaban J connectivity index is 1.49. The Morgan fingerprint density at radius 3 is 2.67 bits per heavy atom. The Morgan fingerprint density at radius 1 is 1.08 bits per heavy atom. The van der Waals surface area contributed by atoms with Gasteiger partial charge in [-0.25, -0.2) is 4.79 Å². The first-order chi connectivity index (χ1) is 17.3. The number of benzene rings is 3. The SMILES string of the molecule is COC(=O)C(=Cc1ccc2[nH]nnc2c1)NC(=O)c1ccc(C(=O)NCc2cccc(O)c2)cc1Br. The fourth-order valence-corrected chi connectivity index (χ4v) is 3.91. The van der Waals surface area contributed by atoms with Gasteiger partial charge in [0.1, 0.15) is 17.0 Å². The quantitative estimate of drug-likeness (QED) is 0.204. The number of fused-ring (bicyclic) bond motifs is 1. The van der Waals surface area contributed by atoms with Crippen molar-refractivity contribution in [1.82, 2.24) is 26.0 Å². The maximum Gasteiger partial charge on any atom is 0.354 e. The van der Waals surface area contributed by atoms with Gasteiger partial charge in [0, 0.05) is 16.6 Å². The van der Waals surface area contributed by atoms with Crippen molar-refractivity contribution in [2.75, 3.05) is 7.11 Å². The monoisotopic (exact) mass is 549 g/mol. The van der Waals surface area contributed by atoms with Crippen molar-refractivity contribution in [3.8, 4) is 5.75 Å². The van der Waals surface area contributed by atoms with Crippen molar-refractivity contribution in [2.24, 2.45) is 0 Å². The summed E-state index contributed by atoms with van der Waals surface area (Å²) >= 11 is 3.33. The molecule has 182 valence electrons. The largest absolute Gasteiger partial charge is 0.508 e. The molecule has 4 rings (SSSR count). The van der Waals surface area contributed by atoms with Gasteiger partial charge >= 0.3 is 5.97 Å². The normalized spacial score (nSPS) is 11.2. The highest BCUT2D eigenvalue weighted by molar-refractivity contribution is 9.10. The van der Waals surface area contributed by atoms with Crippen LogP contribution >= 0.6 is 15.9 Å². The molecule has 0 unspecified atom stereocenters. The van der Waals surface area contributed by atoms with Crippen molar-refractivity contribution in [1.29, 1.82) is 0 Å². The molecule has 11 heteroatoms. The molecule has 0 radical (unpaired) electrons. The summed E-state index contributed by atoms with van der Waals surface area (Å²) in [6, 6.07) is 16.2. The molecule has 0 aliphatic heterocycles. The molecule has 0 atom stereocenters. The van der Waals surface area contributed by atoms with Crippen LogP contribution in [0.25, 0.3) is 17.1 Å². The van der Waals surface area contributed by atoms with Gasteiger partial charge in [0.05, 0.1) is 18.2 Å². The minimum atomic E-state index is -0.734. The third kappa shape index (κ3) is 5.76. The number of H-pyrrole nitrogens is 1. The zero-order chi connectivity index (χ0) is 25.7. The fourth-order valence-electron chi connectivity index (χ4n) is 3.35. The molecule has 1 heterocycles. The number of ether oxygens (including phenoxy) is 1. The summed E-state index contributed by atoms with van der Waals surface area (Å²) in [6.07, 6.45) is 1.47. The number of methoxy groups -OCH3 is 1. The number of nitrogens with one attached hydrogen (secondary N) is 3. The van der Waals surface area contributed by atoms with Crippen molar-refractivity contribution < 1.29 is 24.2 Å². The van der Waals surface area contributed by atoms with Crippen molar-refractivity contribution in [3.63, 3.8) is 0 Å². The summed E-state index contributed by atoms with van der Waals surface area (Å²) in [6.45, 7) is 0.223. The molecule has 0 saturated heterocycles. The van der Waals surface area contributed by atoms with Gasteiger partial charge in [0.25, 0.3) is 11.8 Å². The molecule has 36 heavy (non-hydrogen) atoms. The molecular formula is C25H20BrN5O5. The molecule has 0 saturated carbocycles. The third-order valence-corrected chi connectivity index (χ3v) is 5.81. The summed E-state index contributed by atoms with van der Waals surface area (Å²) in [5, 5.41) is 25.3. The molecule has 2 amide bonds. The maximum absolute atomic E-state index is 12.9. The second-order valence-corrected chi connectivity index (χ2v) is 8.49. The molecule has 0 fully saturated rings. The highest BCUT2D eigenvalue weighted by Gasteiger charge is 2.18. The van der Waals surface area contributed by atoms with Crippen molar-refractivity contribution in [3.05, 3.63) is 93.1 Å². The molecule has 1 aromatic heterocycles. The number of carbonyl (C=O) groups is 3. The summed E-state index contributed by atoms with van der Waals surface area (Å²) < 4.78 is 5.17. The van der Waals surface area contributed by atoms with Gasteiger partial charge in [0.2, 0.25) is 0 Å². The van der Waals surface area contributed by atoms with Crippen LogP contribution in [0.15, 0.2) is 70.8 Å². The van der Waals surface area contributed by atoms with Crippen LogP contribution in [-0.2, 0) is 16.1 Å². The van der Waals surface area contributed by atoms with E-state index >= 15 is 0 Å². The molecule has 3 aromatic carbocycles. The number of nitrogens with zero attached hydrogens (tertiary/aromatic N) is 2. The molecule has 0 aliphatic rings. The van der Waals surface area contributed by atoms with Crippen LogP contribution in [0.4, 0.5) is 0 Å². The summed E-state index contributed by atoms with van der Waals surface area (Å²) in [5.41, 5.74) is 3.12. The Morgan fingerprint density at radius 2 is 1.92 bits per heavy atom. The molecular weight excluding hydrogens is 530 g/mol. The first-order valence-electron chi connectivity index (χ1n) is 10.6. The van der Waals surface area contributed by atoms with Gasteiger partial charge in [-0.1, -0.05) is 23.4 Å². The van der Waals surface area contributed by atoms with E-state index in [1.54, 1.807) is 42.5 Å². The van der Waals surface area contributed by atoms with E-state index in [2.05, 4.69) is 42.0 Å². The number of aromatic hydroxyl groups is 1. The van der Waals surface area contributed by atoms with Gasteiger partial charge in [-0.05, 0) is 75.6 Å². The lowest BCUT2D eigenvalue weighted by Gasteiger charge is -2.11. The van der Waals surface area contributed by atoms with Gasteiger partial charge < -0.3 is 20.5 Å². The number of aromatic nitrogens is 3. The fraction of sp³-hybridized carbons (Fsp3) is 0.0800. The molecule has 4 aromatic rings. The van der Waals surface area contributed by atoms with Crippen molar-refractivity contribution >= 4 is 50.8 Å². The van der Waals surface area contributed by atoms with Gasteiger partial charge in [0.15, 0.2) is 0 Å². The van der Waals surface area contributed by atoms with E-state index < -0.39 is 11.9 Å². The maximum atomic E-state index is 12.9. The lowest BCUT2D eigenvalue weighted by atomic mass is 10.1. The van der Waals surface area contributed by atoms with Crippen LogP contribution in [0.2, 0.25) is 0 Å². The number of rotatable bonds is 7. The number of phenolic OH excluding ortho intramolecular Hbond substituents is 1. The number of hydrogen-bond acceptors (Lipinski definition) is 7. The van der Waals surface area contributed by atoms with Crippen molar-refractivity contribution in [2.45, 2.75) is 6.54 Å². The van der Waals surface area contributed by atoms with Gasteiger partial charge in [-0.15, -0.1) is 5.10 Å². The lowest BCUT2D eigenvalue weighted by Crippen LogP contribution is -2.28. The first-order valence-corrected chi connectivity index (χ1v) is 11.4.